The largest absolute Gasteiger partial charge is 0.494 e. The highest BCUT2D eigenvalue weighted by Gasteiger charge is 2.52. The standard InChI is InChI=1S/C14H18BClO2/c1-10(11-8-6-7-9-12(11)16)15-17-13(2,3)14(4,5)18-15/h6-9H,1H2,2-5H3. The van der Waals surface area contributed by atoms with Crippen LogP contribution in [-0.2, 0) is 9.31 Å². The van der Waals surface area contributed by atoms with Crippen LogP contribution < -0.4 is 0 Å². The molecule has 1 aromatic carbocycles. The fraction of sp³-hybridized carbons (Fsp3) is 0.429. The lowest BCUT2D eigenvalue weighted by atomic mass is 9.75. The van der Waals surface area contributed by atoms with Crippen molar-refractivity contribution in [1.82, 2.24) is 0 Å². The molecular weight excluding hydrogens is 246 g/mol. The summed E-state index contributed by atoms with van der Waals surface area (Å²) in [6, 6.07) is 7.59. The van der Waals surface area contributed by atoms with Crippen molar-refractivity contribution < 1.29 is 9.31 Å². The smallest absolute Gasteiger partial charge is 0.399 e. The van der Waals surface area contributed by atoms with Gasteiger partial charge in [0.15, 0.2) is 0 Å². The van der Waals surface area contributed by atoms with Crippen molar-refractivity contribution in [3.63, 3.8) is 0 Å². The van der Waals surface area contributed by atoms with Crippen LogP contribution in [0.25, 0.3) is 5.47 Å². The van der Waals surface area contributed by atoms with Crippen LogP contribution >= 0.6 is 11.6 Å². The molecule has 0 aliphatic carbocycles. The molecule has 0 atom stereocenters. The number of rotatable bonds is 2. The van der Waals surface area contributed by atoms with E-state index < -0.39 is 7.12 Å². The van der Waals surface area contributed by atoms with E-state index in [2.05, 4.69) is 6.58 Å². The van der Waals surface area contributed by atoms with Crippen molar-refractivity contribution >= 4 is 24.2 Å². The second kappa shape index (κ2) is 4.41. The van der Waals surface area contributed by atoms with Gasteiger partial charge in [0.2, 0.25) is 0 Å². The molecule has 0 saturated carbocycles. The maximum Gasteiger partial charge on any atom is 0.494 e. The van der Waals surface area contributed by atoms with Crippen molar-refractivity contribution in [2.75, 3.05) is 0 Å². The van der Waals surface area contributed by atoms with E-state index in [0.717, 1.165) is 11.0 Å². The lowest BCUT2D eigenvalue weighted by Gasteiger charge is -2.32. The Balaban J connectivity index is 2.26. The van der Waals surface area contributed by atoms with E-state index in [1.165, 1.54) is 0 Å². The highest BCUT2D eigenvalue weighted by atomic mass is 35.5. The molecule has 1 fully saturated rings. The number of benzene rings is 1. The quantitative estimate of drug-likeness (QED) is 0.752. The third-order valence-electron chi connectivity index (χ3n) is 3.76. The molecule has 0 radical (unpaired) electrons. The first-order valence-electron chi connectivity index (χ1n) is 6.04. The van der Waals surface area contributed by atoms with Crippen molar-refractivity contribution in [2.24, 2.45) is 0 Å². The van der Waals surface area contributed by atoms with E-state index in [9.17, 15) is 0 Å². The first-order valence-corrected chi connectivity index (χ1v) is 6.42. The van der Waals surface area contributed by atoms with E-state index >= 15 is 0 Å². The minimum absolute atomic E-state index is 0.359. The number of hydrogen-bond donors (Lipinski definition) is 0. The van der Waals surface area contributed by atoms with Gasteiger partial charge >= 0.3 is 7.12 Å². The Hall–Kier alpha value is -0.765. The molecule has 1 aromatic rings. The second-order valence-electron chi connectivity index (χ2n) is 5.59. The Morgan fingerprint density at radius 2 is 1.61 bits per heavy atom. The molecular formula is C14H18BClO2. The summed E-state index contributed by atoms with van der Waals surface area (Å²) < 4.78 is 11.9. The predicted octanol–water partition coefficient (Wildman–Crippen LogP) is 3.98. The lowest BCUT2D eigenvalue weighted by Crippen LogP contribution is -2.41. The van der Waals surface area contributed by atoms with Crippen LogP contribution in [-0.4, -0.2) is 18.3 Å². The third-order valence-corrected chi connectivity index (χ3v) is 4.09. The highest BCUT2D eigenvalue weighted by molar-refractivity contribution is 6.69. The summed E-state index contributed by atoms with van der Waals surface area (Å²) >= 11 is 6.17. The number of hydrogen-bond acceptors (Lipinski definition) is 2. The van der Waals surface area contributed by atoms with Gasteiger partial charge < -0.3 is 9.31 Å². The van der Waals surface area contributed by atoms with Crippen LogP contribution in [0.1, 0.15) is 33.3 Å². The molecule has 18 heavy (non-hydrogen) atoms. The predicted molar refractivity (Wildman–Crippen MR) is 76.6 cm³/mol. The van der Waals surface area contributed by atoms with E-state index in [0.29, 0.717) is 5.02 Å². The molecule has 0 bridgehead atoms. The minimum atomic E-state index is -0.449. The van der Waals surface area contributed by atoms with Gasteiger partial charge in [0.25, 0.3) is 0 Å². The molecule has 2 rings (SSSR count). The molecule has 0 spiro atoms. The van der Waals surface area contributed by atoms with Crippen molar-refractivity contribution in [3.05, 3.63) is 41.4 Å². The van der Waals surface area contributed by atoms with Crippen LogP contribution in [0.15, 0.2) is 30.8 Å². The van der Waals surface area contributed by atoms with Gasteiger partial charge in [-0.2, -0.15) is 0 Å². The fourth-order valence-electron chi connectivity index (χ4n) is 1.83. The second-order valence-corrected chi connectivity index (χ2v) is 6.00. The Morgan fingerprint density at radius 1 is 1.11 bits per heavy atom. The Kier molecular flexibility index (Phi) is 3.35. The molecule has 1 saturated heterocycles. The van der Waals surface area contributed by atoms with Crippen LogP contribution in [0.2, 0.25) is 5.02 Å². The first-order chi connectivity index (χ1) is 8.24. The topological polar surface area (TPSA) is 18.5 Å². The Labute approximate surface area is 114 Å². The summed E-state index contributed by atoms with van der Waals surface area (Å²) in [6.45, 7) is 12.1. The molecule has 4 heteroatoms. The molecule has 1 heterocycles. The van der Waals surface area contributed by atoms with Crippen LogP contribution in [0.3, 0.4) is 0 Å². The summed E-state index contributed by atoms with van der Waals surface area (Å²) in [5.41, 5.74) is 0.918. The van der Waals surface area contributed by atoms with Gasteiger partial charge in [-0.15, -0.1) is 0 Å². The van der Waals surface area contributed by atoms with Crippen molar-refractivity contribution in [2.45, 2.75) is 38.9 Å². The third kappa shape index (κ3) is 2.23. The van der Waals surface area contributed by atoms with Crippen molar-refractivity contribution in [3.8, 4) is 0 Å². The average molecular weight is 265 g/mol. The van der Waals surface area contributed by atoms with Gasteiger partial charge in [-0.25, -0.2) is 0 Å². The van der Waals surface area contributed by atoms with E-state index in [4.69, 9.17) is 20.9 Å². The normalized spacial score (nSPS) is 21.1. The van der Waals surface area contributed by atoms with Gasteiger partial charge in [0.1, 0.15) is 0 Å². The molecule has 0 unspecified atom stereocenters. The average Bonchev–Trinajstić information content (AvgIpc) is 2.48. The van der Waals surface area contributed by atoms with Gasteiger partial charge in [-0.05, 0) is 44.8 Å². The van der Waals surface area contributed by atoms with Crippen molar-refractivity contribution in [1.29, 1.82) is 0 Å². The molecule has 96 valence electrons. The molecule has 0 aromatic heterocycles. The highest BCUT2D eigenvalue weighted by Crippen LogP contribution is 2.40. The Morgan fingerprint density at radius 3 is 2.11 bits per heavy atom. The monoisotopic (exact) mass is 264 g/mol. The first kappa shape index (κ1) is 13.7. The van der Waals surface area contributed by atoms with Gasteiger partial charge in [0.05, 0.1) is 11.2 Å². The van der Waals surface area contributed by atoms with Crippen LogP contribution in [0.5, 0.6) is 0 Å². The molecule has 0 N–H and O–H groups in total. The van der Waals surface area contributed by atoms with Gasteiger partial charge in [0, 0.05) is 5.02 Å². The van der Waals surface area contributed by atoms with Gasteiger partial charge in [-0.1, -0.05) is 36.4 Å². The zero-order valence-corrected chi connectivity index (χ0v) is 12.0. The summed E-state index contributed by atoms with van der Waals surface area (Å²) in [6.07, 6.45) is 0. The fourth-order valence-corrected chi connectivity index (χ4v) is 2.09. The van der Waals surface area contributed by atoms with Crippen LogP contribution in [0.4, 0.5) is 0 Å². The molecule has 2 nitrogen and oxygen atoms in total. The summed E-state index contributed by atoms with van der Waals surface area (Å²) in [7, 11) is -0.449. The summed E-state index contributed by atoms with van der Waals surface area (Å²) in [5.74, 6) is 0. The minimum Gasteiger partial charge on any atom is -0.399 e. The summed E-state index contributed by atoms with van der Waals surface area (Å²) in [5, 5.41) is 0.664. The SMILES string of the molecule is C=C(B1OC(C)(C)C(C)(C)O1)c1ccccc1Cl. The zero-order valence-electron chi connectivity index (χ0n) is 11.3. The molecule has 0 amide bonds. The zero-order chi connectivity index (χ0) is 13.6. The number of halogens is 1. The Bertz CT molecular complexity index is 466. The molecule has 1 aliphatic rings. The van der Waals surface area contributed by atoms with Crippen LogP contribution in [0, 0.1) is 0 Å². The maximum atomic E-state index is 6.17. The summed E-state index contributed by atoms with van der Waals surface area (Å²) in [4.78, 5) is 0. The molecule has 1 aliphatic heterocycles. The van der Waals surface area contributed by atoms with E-state index in [-0.39, 0.29) is 11.2 Å². The van der Waals surface area contributed by atoms with E-state index in [1.807, 2.05) is 52.0 Å². The van der Waals surface area contributed by atoms with E-state index in [1.54, 1.807) is 0 Å². The lowest BCUT2D eigenvalue weighted by molar-refractivity contribution is 0.00578. The van der Waals surface area contributed by atoms with Gasteiger partial charge in [-0.3, -0.25) is 0 Å². The maximum absolute atomic E-state index is 6.17.